The molecule has 2 aliphatic rings. The van der Waals surface area contributed by atoms with Crippen LogP contribution in [0.15, 0.2) is 42.5 Å². The highest BCUT2D eigenvalue weighted by Crippen LogP contribution is 2.45. The van der Waals surface area contributed by atoms with E-state index < -0.39 is 5.60 Å². The third-order valence-electron chi connectivity index (χ3n) is 7.08. The summed E-state index contributed by atoms with van der Waals surface area (Å²) in [5.41, 5.74) is 4.42. The second kappa shape index (κ2) is 10.0. The number of piperazine rings is 1. The lowest BCUT2D eigenvalue weighted by Gasteiger charge is -2.38. The van der Waals surface area contributed by atoms with Gasteiger partial charge in [0.05, 0.1) is 6.61 Å². The Morgan fingerprint density at radius 2 is 1.97 bits per heavy atom. The fourth-order valence-electron chi connectivity index (χ4n) is 5.35. The summed E-state index contributed by atoms with van der Waals surface area (Å²) in [6, 6.07) is 14.3. The number of nitrogens with one attached hydrogen (secondary N) is 1. The lowest BCUT2D eigenvalue weighted by atomic mass is 9.81. The Morgan fingerprint density at radius 1 is 1.19 bits per heavy atom. The molecule has 0 aliphatic carbocycles. The predicted molar refractivity (Wildman–Crippen MR) is 128 cm³/mol. The van der Waals surface area contributed by atoms with E-state index in [1.54, 1.807) is 12.1 Å². The van der Waals surface area contributed by atoms with Gasteiger partial charge in [0, 0.05) is 32.2 Å². The Kier molecular flexibility index (Phi) is 7.30. The summed E-state index contributed by atoms with van der Waals surface area (Å²) < 4.78 is 20.2. The molecule has 2 heterocycles. The molecule has 174 valence electrons. The van der Waals surface area contributed by atoms with Gasteiger partial charge in [0.1, 0.15) is 11.4 Å². The molecule has 2 aliphatic heterocycles. The van der Waals surface area contributed by atoms with Crippen molar-refractivity contribution in [3.05, 3.63) is 70.5 Å². The van der Waals surface area contributed by atoms with Crippen LogP contribution >= 0.6 is 0 Å². The number of ether oxygens (including phenoxy) is 1. The number of nitrogens with zero attached hydrogens (tertiary/aromatic N) is 2. The minimum Gasteiger partial charge on any atom is -0.361 e. The van der Waals surface area contributed by atoms with Crippen LogP contribution in [0.3, 0.4) is 0 Å². The maximum atomic E-state index is 13.7. The van der Waals surface area contributed by atoms with E-state index >= 15 is 0 Å². The normalized spacial score (nSPS) is 23.8. The van der Waals surface area contributed by atoms with Crippen molar-refractivity contribution in [2.24, 2.45) is 5.92 Å². The molecule has 0 radical (unpaired) electrons. The average molecular weight is 440 g/mol. The molecule has 2 unspecified atom stereocenters. The zero-order valence-corrected chi connectivity index (χ0v) is 20.0. The molecule has 2 atom stereocenters. The highest BCUT2D eigenvalue weighted by Gasteiger charge is 2.41. The van der Waals surface area contributed by atoms with Gasteiger partial charge in [-0.2, -0.15) is 0 Å². The largest absolute Gasteiger partial charge is 0.361 e. The Hall–Kier alpha value is -1.79. The Bertz CT molecular complexity index is 898. The maximum Gasteiger partial charge on any atom is 0.123 e. The quantitative estimate of drug-likeness (QED) is 0.661. The predicted octanol–water partition coefficient (Wildman–Crippen LogP) is 4.37. The first-order valence-electron chi connectivity index (χ1n) is 12.0. The second-order valence-electron chi connectivity index (χ2n) is 10.0. The summed E-state index contributed by atoms with van der Waals surface area (Å²) in [5.74, 6) is 0.421. The molecule has 2 aromatic carbocycles. The summed E-state index contributed by atoms with van der Waals surface area (Å²) in [6.45, 7) is 10.4. The van der Waals surface area contributed by atoms with E-state index in [2.05, 4.69) is 61.3 Å². The topological polar surface area (TPSA) is 27.7 Å². The standard InChI is InChI=1S/C27H38FN3O/c1-20(2)26-17-29-13-15-31(26)18-21-6-11-25-22(16-21)19-32-27(25,12-5-14-30(3)4)23-7-9-24(28)10-8-23/h6-11,16,20,26,29H,5,12-15,17-19H2,1-4H3. The number of rotatable bonds is 8. The first kappa shape index (κ1) is 23.4. The van der Waals surface area contributed by atoms with Crippen molar-refractivity contribution in [2.75, 3.05) is 40.3 Å². The molecule has 0 saturated carbocycles. The van der Waals surface area contributed by atoms with E-state index in [4.69, 9.17) is 4.74 Å². The van der Waals surface area contributed by atoms with Crippen LogP contribution in [0.5, 0.6) is 0 Å². The molecule has 5 heteroatoms. The van der Waals surface area contributed by atoms with Gasteiger partial charge in [0.25, 0.3) is 0 Å². The molecule has 2 aromatic rings. The molecule has 0 spiro atoms. The van der Waals surface area contributed by atoms with Crippen molar-refractivity contribution in [3.63, 3.8) is 0 Å². The minimum atomic E-state index is -0.493. The maximum absolute atomic E-state index is 13.7. The van der Waals surface area contributed by atoms with E-state index in [9.17, 15) is 4.39 Å². The smallest absolute Gasteiger partial charge is 0.123 e. The average Bonchev–Trinajstić information content (AvgIpc) is 3.13. The molecule has 32 heavy (non-hydrogen) atoms. The van der Waals surface area contributed by atoms with Gasteiger partial charge in [-0.3, -0.25) is 4.90 Å². The van der Waals surface area contributed by atoms with E-state index in [0.29, 0.717) is 18.6 Å². The molecule has 4 rings (SSSR count). The third kappa shape index (κ3) is 4.91. The lowest BCUT2D eigenvalue weighted by molar-refractivity contribution is -0.0140. The fraction of sp³-hybridized carbons (Fsp3) is 0.556. The van der Waals surface area contributed by atoms with Crippen molar-refractivity contribution in [2.45, 2.75) is 51.5 Å². The van der Waals surface area contributed by atoms with E-state index in [1.165, 1.54) is 16.7 Å². The summed E-state index contributed by atoms with van der Waals surface area (Å²) in [6.07, 6.45) is 1.90. The number of fused-ring (bicyclic) bond motifs is 1. The Labute approximate surface area is 192 Å². The van der Waals surface area contributed by atoms with E-state index in [1.807, 2.05) is 12.1 Å². The van der Waals surface area contributed by atoms with Crippen LogP contribution in [0.1, 0.15) is 48.9 Å². The van der Waals surface area contributed by atoms with Crippen molar-refractivity contribution in [1.29, 1.82) is 0 Å². The lowest BCUT2D eigenvalue weighted by Crippen LogP contribution is -2.52. The summed E-state index contributed by atoms with van der Waals surface area (Å²) in [7, 11) is 4.20. The SMILES string of the molecule is CC(C)C1CNCCN1Cc1ccc2c(c1)COC2(CCCN(C)C)c1ccc(F)cc1. The van der Waals surface area contributed by atoms with Crippen molar-refractivity contribution < 1.29 is 9.13 Å². The Morgan fingerprint density at radius 3 is 2.69 bits per heavy atom. The van der Waals surface area contributed by atoms with Crippen molar-refractivity contribution in [3.8, 4) is 0 Å². The van der Waals surface area contributed by atoms with Crippen LogP contribution < -0.4 is 5.32 Å². The zero-order valence-electron chi connectivity index (χ0n) is 20.0. The van der Waals surface area contributed by atoms with Crippen LogP contribution in [0.2, 0.25) is 0 Å². The fourth-order valence-corrected chi connectivity index (χ4v) is 5.35. The van der Waals surface area contributed by atoms with Crippen LogP contribution in [-0.4, -0.2) is 56.1 Å². The van der Waals surface area contributed by atoms with Crippen LogP contribution in [0.4, 0.5) is 4.39 Å². The van der Waals surface area contributed by atoms with Gasteiger partial charge in [0.15, 0.2) is 0 Å². The summed E-state index contributed by atoms with van der Waals surface area (Å²) in [4.78, 5) is 4.82. The first-order valence-corrected chi connectivity index (χ1v) is 12.0. The summed E-state index contributed by atoms with van der Waals surface area (Å²) in [5, 5.41) is 3.54. The summed E-state index contributed by atoms with van der Waals surface area (Å²) >= 11 is 0. The molecule has 1 fully saturated rings. The second-order valence-corrected chi connectivity index (χ2v) is 10.0. The molecular formula is C27H38FN3O. The number of benzene rings is 2. The number of hydrogen-bond acceptors (Lipinski definition) is 4. The van der Waals surface area contributed by atoms with Crippen LogP contribution in [-0.2, 0) is 23.5 Å². The van der Waals surface area contributed by atoms with Gasteiger partial charge in [-0.05, 0) is 73.8 Å². The molecule has 0 aromatic heterocycles. The van der Waals surface area contributed by atoms with Gasteiger partial charge >= 0.3 is 0 Å². The first-order chi connectivity index (χ1) is 15.4. The van der Waals surface area contributed by atoms with Gasteiger partial charge in [-0.15, -0.1) is 0 Å². The highest BCUT2D eigenvalue weighted by molar-refractivity contribution is 5.45. The zero-order chi connectivity index (χ0) is 22.7. The molecule has 4 nitrogen and oxygen atoms in total. The van der Waals surface area contributed by atoms with E-state index in [-0.39, 0.29) is 5.82 Å². The molecule has 1 saturated heterocycles. The van der Waals surface area contributed by atoms with E-state index in [0.717, 1.165) is 51.1 Å². The number of halogens is 1. The van der Waals surface area contributed by atoms with Crippen molar-refractivity contribution >= 4 is 0 Å². The molecule has 0 bridgehead atoms. The van der Waals surface area contributed by atoms with Crippen LogP contribution in [0.25, 0.3) is 0 Å². The van der Waals surface area contributed by atoms with Gasteiger partial charge in [-0.25, -0.2) is 4.39 Å². The third-order valence-corrected chi connectivity index (χ3v) is 7.08. The minimum absolute atomic E-state index is 0.207. The van der Waals surface area contributed by atoms with Gasteiger partial charge in [-0.1, -0.05) is 44.2 Å². The molecule has 1 N–H and O–H groups in total. The molecule has 0 amide bonds. The monoisotopic (exact) mass is 439 g/mol. The Balaban J connectivity index is 1.60. The van der Waals surface area contributed by atoms with Crippen LogP contribution in [0, 0.1) is 11.7 Å². The van der Waals surface area contributed by atoms with Crippen molar-refractivity contribution in [1.82, 2.24) is 15.1 Å². The highest BCUT2D eigenvalue weighted by atomic mass is 19.1. The van der Waals surface area contributed by atoms with Gasteiger partial charge < -0.3 is 15.0 Å². The van der Waals surface area contributed by atoms with Gasteiger partial charge in [0.2, 0.25) is 0 Å². The molecular weight excluding hydrogens is 401 g/mol. The number of hydrogen-bond donors (Lipinski definition) is 1.